The van der Waals surface area contributed by atoms with Crippen molar-refractivity contribution in [2.24, 2.45) is 0 Å². The third-order valence-electron chi connectivity index (χ3n) is 5.15. The Hall–Kier alpha value is -2.11. The fraction of sp³-hybridized carbons (Fsp3) is 0.526. The second-order valence-corrected chi connectivity index (χ2v) is 9.32. The van der Waals surface area contributed by atoms with E-state index in [-0.39, 0.29) is 5.75 Å². The highest BCUT2D eigenvalue weighted by Crippen LogP contribution is 2.33. The smallest absolute Gasteiger partial charge is 0.475 e. The number of sulfonamides is 1. The molecule has 2 aromatic rings. The summed E-state index contributed by atoms with van der Waals surface area (Å²) in [6, 6.07) is 6.24. The number of rotatable bonds is 5. The molecule has 3 rings (SSSR count). The first-order chi connectivity index (χ1) is 13.9. The van der Waals surface area contributed by atoms with Crippen LogP contribution in [0.3, 0.4) is 0 Å². The van der Waals surface area contributed by atoms with Gasteiger partial charge in [-0.2, -0.15) is 13.2 Å². The monoisotopic (exact) mass is 449 g/mol. The van der Waals surface area contributed by atoms with Gasteiger partial charge in [-0.15, -0.1) is 0 Å². The van der Waals surface area contributed by atoms with Crippen molar-refractivity contribution in [2.45, 2.75) is 31.4 Å². The van der Waals surface area contributed by atoms with Gasteiger partial charge in [-0.3, -0.25) is 0 Å². The molecule has 0 spiro atoms. The Labute approximate surface area is 173 Å². The number of halogens is 3. The lowest BCUT2D eigenvalue weighted by molar-refractivity contribution is -0.192. The number of fused-ring (bicyclic) bond motifs is 1. The summed E-state index contributed by atoms with van der Waals surface area (Å²) < 4.78 is 57.3. The quantitative estimate of drug-likeness (QED) is 0.652. The summed E-state index contributed by atoms with van der Waals surface area (Å²) >= 11 is 0. The predicted octanol–water partition coefficient (Wildman–Crippen LogP) is 2.70. The van der Waals surface area contributed by atoms with Crippen LogP contribution in [0, 0.1) is 0 Å². The predicted molar refractivity (Wildman–Crippen MR) is 108 cm³/mol. The number of carbonyl (C=O) groups is 1. The molecule has 0 unspecified atom stereocenters. The van der Waals surface area contributed by atoms with E-state index >= 15 is 0 Å². The van der Waals surface area contributed by atoms with Gasteiger partial charge in [0.05, 0.1) is 5.75 Å². The fourth-order valence-electron chi connectivity index (χ4n) is 3.36. The molecule has 0 saturated carbocycles. The number of nitrogens with one attached hydrogen (secondary N) is 2. The Morgan fingerprint density at radius 2 is 1.90 bits per heavy atom. The molecule has 1 saturated heterocycles. The summed E-state index contributed by atoms with van der Waals surface area (Å²) in [7, 11) is 0.476. The number of aromatic nitrogens is 1. The Kier molecular flexibility index (Phi) is 7.89. The van der Waals surface area contributed by atoms with Gasteiger partial charge < -0.3 is 15.0 Å². The lowest BCUT2D eigenvalue weighted by atomic mass is 9.89. The van der Waals surface area contributed by atoms with E-state index in [2.05, 4.69) is 40.0 Å². The highest BCUT2D eigenvalue weighted by molar-refractivity contribution is 7.89. The number of carboxylic acids is 1. The van der Waals surface area contributed by atoms with Crippen molar-refractivity contribution in [3.63, 3.8) is 0 Å². The van der Waals surface area contributed by atoms with Crippen LogP contribution < -0.4 is 4.72 Å². The van der Waals surface area contributed by atoms with Crippen LogP contribution in [0.25, 0.3) is 10.9 Å². The number of aryl methyl sites for hydroxylation is 1. The molecule has 1 fully saturated rings. The molecule has 0 radical (unpaired) electrons. The summed E-state index contributed by atoms with van der Waals surface area (Å²) in [5, 5.41) is 8.37. The molecule has 0 atom stereocenters. The van der Waals surface area contributed by atoms with Crippen LogP contribution >= 0.6 is 0 Å². The standard InChI is InChI=1S/C17H25N3O2S.C2HF3O2/c1-18-23(21,22)10-7-13-3-4-17-15(11-13)16(12-19-17)14-5-8-20(2)9-6-14;3-2(4,5)1(6)7/h3-4,11-12,14,18-19H,5-10H2,1-2H3;(H,6,7). The molecule has 1 aromatic carbocycles. The maximum absolute atomic E-state index is 11.6. The van der Waals surface area contributed by atoms with Crippen LogP contribution in [0.5, 0.6) is 0 Å². The topological polar surface area (TPSA) is 103 Å². The molecule has 0 aliphatic carbocycles. The molecule has 2 heterocycles. The van der Waals surface area contributed by atoms with Crippen LogP contribution in [0.15, 0.2) is 24.4 Å². The number of H-pyrrole nitrogens is 1. The van der Waals surface area contributed by atoms with Crippen molar-refractivity contribution in [3.05, 3.63) is 35.5 Å². The second kappa shape index (κ2) is 9.80. The molecule has 168 valence electrons. The molecule has 0 amide bonds. The van der Waals surface area contributed by atoms with E-state index in [1.54, 1.807) is 0 Å². The van der Waals surface area contributed by atoms with Gasteiger partial charge in [-0.25, -0.2) is 17.9 Å². The number of likely N-dealkylation sites (tertiary alicyclic amines) is 1. The average molecular weight is 449 g/mol. The van der Waals surface area contributed by atoms with Crippen LogP contribution in [-0.4, -0.2) is 68.5 Å². The average Bonchev–Trinajstić information content (AvgIpc) is 3.10. The first kappa shape index (κ1) is 24.2. The molecule has 30 heavy (non-hydrogen) atoms. The number of benzene rings is 1. The number of hydrogen-bond acceptors (Lipinski definition) is 4. The van der Waals surface area contributed by atoms with Gasteiger partial charge in [0.15, 0.2) is 0 Å². The van der Waals surface area contributed by atoms with Gasteiger partial charge in [0, 0.05) is 17.1 Å². The van der Waals surface area contributed by atoms with E-state index in [1.165, 1.54) is 30.8 Å². The summed E-state index contributed by atoms with van der Waals surface area (Å²) in [4.78, 5) is 14.6. The molecule has 1 aliphatic rings. The van der Waals surface area contributed by atoms with Gasteiger partial charge in [-0.1, -0.05) is 6.07 Å². The minimum Gasteiger partial charge on any atom is -0.475 e. The molecular weight excluding hydrogens is 423 g/mol. The zero-order chi connectivity index (χ0) is 22.5. The number of alkyl halides is 3. The summed E-state index contributed by atoms with van der Waals surface area (Å²) in [6.07, 6.45) is -0.0461. The fourth-order valence-corrected chi connectivity index (χ4v) is 4.07. The number of aromatic amines is 1. The molecule has 1 aliphatic heterocycles. The van der Waals surface area contributed by atoms with E-state index in [0.717, 1.165) is 24.2 Å². The number of piperidine rings is 1. The van der Waals surface area contributed by atoms with E-state index in [4.69, 9.17) is 9.90 Å². The lowest BCUT2D eigenvalue weighted by Crippen LogP contribution is -2.29. The van der Waals surface area contributed by atoms with Crippen LogP contribution in [-0.2, 0) is 21.2 Å². The maximum atomic E-state index is 11.6. The highest BCUT2D eigenvalue weighted by atomic mass is 32.2. The number of nitrogens with zero attached hydrogens (tertiary/aromatic N) is 1. The first-order valence-corrected chi connectivity index (χ1v) is 11.1. The highest BCUT2D eigenvalue weighted by Gasteiger charge is 2.38. The van der Waals surface area contributed by atoms with Crippen molar-refractivity contribution < 1.29 is 31.5 Å². The van der Waals surface area contributed by atoms with Gasteiger partial charge in [-0.05, 0) is 75.6 Å². The number of carboxylic acid groups (broad SMARTS) is 1. The van der Waals surface area contributed by atoms with E-state index in [0.29, 0.717) is 12.3 Å². The summed E-state index contributed by atoms with van der Waals surface area (Å²) in [5.41, 5.74) is 3.59. The molecule has 11 heteroatoms. The SMILES string of the molecule is CNS(=O)(=O)CCc1ccc2[nH]cc(C3CCN(C)CC3)c2c1.O=C(O)C(F)(F)F. The van der Waals surface area contributed by atoms with Crippen molar-refractivity contribution in [1.82, 2.24) is 14.6 Å². The minimum absolute atomic E-state index is 0.128. The normalized spacial score (nSPS) is 16.3. The van der Waals surface area contributed by atoms with Gasteiger partial charge in [0.25, 0.3) is 0 Å². The summed E-state index contributed by atoms with van der Waals surface area (Å²) in [5.74, 6) is -2.04. The maximum Gasteiger partial charge on any atom is 0.490 e. The van der Waals surface area contributed by atoms with Gasteiger partial charge in [0.1, 0.15) is 0 Å². The van der Waals surface area contributed by atoms with Crippen molar-refractivity contribution in [1.29, 1.82) is 0 Å². The van der Waals surface area contributed by atoms with Crippen molar-refractivity contribution in [2.75, 3.05) is 32.9 Å². The Morgan fingerprint density at radius 3 is 2.43 bits per heavy atom. The largest absolute Gasteiger partial charge is 0.490 e. The molecule has 1 aromatic heterocycles. The van der Waals surface area contributed by atoms with Crippen LogP contribution in [0.1, 0.15) is 29.9 Å². The minimum atomic E-state index is -5.08. The third-order valence-corrected chi connectivity index (χ3v) is 6.51. The zero-order valence-electron chi connectivity index (χ0n) is 16.8. The van der Waals surface area contributed by atoms with Crippen molar-refractivity contribution >= 4 is 26.9 Å². The summed E-state index contributed by atoms with van der Waals surface area (Å²) in [6.45, 7) is 2.27. The Bertz CT molecular complexity index is 965. The van der Waals surface area contributed by atoms with E-state index in [1.807, 2.05) is 6.07 Å². The first-order valence-electron chi connectivity index (χ1n) is 9.42. The third kappa shape index (κ3) is 6.71. The Morgan fingerprint density at radius 1 is 1.30 bits per heavy atom. The van der Waals surface area contributed by atoms with Gasteiger partial charge in [0.2, 0.25) is 10.0 Å². The second-order valence-electron chi connectivity index (χ2n) is 7.28. The lowest BCUT2D eigenvalue weighted by Gasteiger charge is -2.28. The van der Waals surface area contributed by atoms with E-state index < -0.39 is 22.2 Å². The molecule has 7 nitrogen and oxygen atoms in total. The van der Waals surface area contributed by atoms with Gasteiger partial charge >= 0.3 is 12.1 Å². The van der Waals surface area contributed by atoms with Crippen molar-refractivity contribution in [3.8, 4) is 0 Å². The number of hydrogen-bond donors (Lipinski definition) is 3. The number of aliphatic carboxylic acids is 1. The van der Waals surface area contributed by atoms with Crippen LogP contribution in [0.4, 0.5) is 13.2 Å². The molecular formula is C19H26F3N3O4S. The van der Waals surface area contributed by atoms with E-state index in [9.17, 15) is 21.6 Å². The molecule has 0 bridgehead atoms. The zero-order valence-corrected chi connectivity index (χ0v) is 17.6. The molecule has 3 N–H and O–H groups in total. The Balaban J connectivity index is 0.000000396. The van der Waals surface area contributed by atoms with Crippen LogP contribution in [0.2, 0.25) is 0 Å².